The van der Waals surface area contributed by atoms with Crippen LogP contribution in [0.4, 0.5) is 0 Å². The van der Waals surface area contributed by atoms with Gasteiger partial charge in [-0.2, -0.15) is 0 Å². The zero-order valence-electron chi connectivity index (χ0n) is 10.1. The Morgan fingerprint density at radius 1 is 0.684 bits per heavy atom. The standard InChI is InChI=1S/C16H12O3/c17-13-9-10-14(18)16-12(13)7-4-8-15(16)19-11-5-2-1-3-6-11/h1-10,17-18H. The van der Waals surface area contributed by atoms with E-state index >= 15 is 0 Å². The van der Waals surface area contributed by atoms with Crippen molar-refractivity contribution in [3.63, 3.8) is 0 Å². The van der Waals surface area contributed by atoms with Crippen LogP contribution in [0.3, 0.4) is 0 Å². The number of phenolic OH excluding ortho intramolecular Hbond substituents is 2. The van der Waals surface area contributed by atoms with Gasteiger partial charge in [0.25, 0.3) is 0 Å². The second kappa shape index (κ2) is 4.53. The Kier molecular flexibility index (Phi) is 2.72. The van der Waals surface area contributed by atoms with Crippen molar-refractivity contribution >= 4 is 10.8 Å². The number of rotatable bonds is 2. The average molecular weight is 252 g/mol. The Labute approximate surface area is 110 Å². The topological polar surface area (TPSA) is 49.7 Å². The minimum atomic E-state index is 0.0827. The van der Waals surface area contributed by atoms with Gasteiger partial charge in [0.15, 0.2) is 0 Å². The number of hydrogen-bond donors (Lipinski definition) is 2. The number of fused-ring (bicyclic) bond motifs is 1. The van der Waals surface area contributed by atoms with Gasteiger partial charge >= 0.3 is 0 Å². The molecule has 0 atom stereocenters. The summed E-state index contributed by atoms with van der Waals surface area (Å²) >= 11 is 0. The lowest BCUT2D eigenvalue weighted by molar-refractivity contribution is 0.460. The third-order valence-electron chi connectivity index (χ3n) is 2.93. The molecule has 0 unspecified atom stereocenters. The van der Waals surface area contributed by atoms with Crippen LogP contribution >= 0.6 is 0 Å². The van der Waals surface area contributed by atoms with Crippen molar-refractivity contribution in [2.75, 3.05) is 0 Å². The highest BCUT2D eigenvalue weighted by atomic mass is 16.5. The highest BCUT2D eigenvalue weighted by Crippen LogP contribution is 2.39. The molecule has 0 saturated heterocycles. The Hall–Kier alpha value is -2.68. The van der Waals surface area contributed by atoms with E-state index in [9.17, 15) is 10.2 Å². The summed E-state index contributed by atoms with van der Waals surface area (Å²) in [5, 5.41) is 20.9. The summed E-state index contributed by atoms with van der Waals surface area (Å²) in [7, 11) is 0. The first-order valence-corrected chi connectivity index (χ1v) is 5.92. The molecule has 94 valence electrons. The summed E-state index contributed by atoms with van der Waals surface area (Å²) in [6.45, 7) is 0. The van der Waals surface area contributed by atoms with Crippen molar-refractivity contribution < 1.29 is 14.9 Å². The van der Waals surface area contributed by atoms with Gasteiger partial charge in [-0.15, -0.1) is 0 Å². The van der Waals surface area contributed by atoms with E-state index < -0.39 is 0 Å². The molecule has 0 bridgehead atoms. The molecule has 0 spiro atoms. The molecule has 0 fully saturated rings. The van der Waals surface area contributed by atoms with Crippen molar-refractivity contribution in [1.82, 2.24) is 0 Å². The number of phenols is 2. The van der Waals surface area contributed by atoms with Crippen LogP contribution in [-0.2, 0) is 0 Å². The van der Waals surface area contributed by atoms with Gasteiger partial charge < -0.3 is 14.9 Å². The van der Waals surface area contributed by atoms with Crippen LogP contribution in [0.5, 0.6) is 23.0 Å². The fraction of sp³-hybridized carbons (Fsp3) is 0. The van der Waals surface area contributed by atoms with E-state index in [4.69, 9.17) is 4.74 Å². The Morgan fingerprint density at radius 2 is 1.42 bits per heavy atom. The lowest BCUT2D eigenvalue weighted by atomic mass is 10.1. The maximum atomic E-state index is 9.96. The normalized spacial score (nSPS) is 10.5. The van der Waals surface area contributed by atoms with E-state index in [2.05, 4.69) is 0 Å². The minimum absolute atomic E-state index is 0.0827. The molecule has 0 aromatic heterocycles. The summed E-state index contributed by atoms with van der Waals surface area (Å²) in [6, 6.07) is 17.5. The molecule has 2 N–H and O–H groups in total. The zero-order chi connectivity index (χ0) is 13.2. The molecule has 3 heteroatoms. The average Bonchev–Trinajstić information content (AvgIpc) is 2.44. The molecular formula is C16H12O3. The highest BCUT2D eigenvalue weighted by Gasteiger charge is 2.10. The summed E-state index contributed by atoms with van der Waals surface area (Å²) in [6.07, 6.45) is 0. The first-order chi connectivity index (χ1) is 9.25. The molecule has 3 nitrogen and oxygen atoms in total. The summed E-state index contributed by atoms with van der Waals surface area (Å²) < 4.78 is 5.76. The van der Waals surface area contributed by atoms with Crippen LogP contribution in [0.15, 0.2) is 60.7 Å². The van der Waals surface area contributed by atoms with E-state index in [1.165, 1.54) is 12.1 Å². The van der Waals surface area contributed by atoms with Crippen molar-refractivity contribution in [1.29, 1.82) is 0 Å². The van der Waals surface area contributed by atoms with Crippen molar-refractivity contribution in [2.24, 2.45) is 0 Å². The van der Waals surface area contributed by atoms with Gasteiger partial charge in [0.1, 0.15) is 23.0 Å². The van der Waals surface area contributed by atoms with Gasteiger partial charge in [-0.05, 0) is 30.3 Å². The van der Waals surface area contributed by atoms with Gasteiger partial charge in [0.05, 0.1) is 5.39 Å². The second-order valence-electron chi connectivity index (χ2n) is 4.20. The predicted molar refractivity (Wildman–Crippen MR) is 73.8 cm³/mol. The van der Waals surface area contributed by atoms with Crippen molar-refractivity contribution in [2.45, 2.75) is 0 Å². The van der Waals surface area contributed by atoms with Gasteiger partial charge in [-0.25, -0.2) is 0 Å². The molecule has 3 rings (SSSR count). The Balaban J connectivity index is 2.17. The van der Waals surface area contributed by atoms with E-state index in [-0.39, 0.29) is 11.5 Å². The zero-order valence-corrected chi connectivity index (χ0v) is 10.1. The largest absolute Gasteiger partial charge is 0.507 e. The minimum Gasteiger partial charge on any atom is -0.507 e. The van der Waals surface area contributed by atoms with E-state index in [0.29, 0.717) is 22.3 Å². The fourth-order valence-corrected chi connectivity index (χ4v) is 2.04. The highest BCUT2D eigenvalue weighted by molar-refractivity contribution is 5.97. The number of para-hydroxylation sites is 1. The molecule has 19 heavy (non-hydrogen) atoms. The van der Waals surface area contributed by atoms with Crippen LogP contribution in [0.25, 0.3) is 10.8 Å². The van der Waals surface area contributed by atoms with Gasteiger partial charge in [0.2, 0.25) is 0 Å². The molecule has 0 aliphatic rings. The smallest absolute Gasteiger partial charge is 0.139 e. The molecule has 0 amide bonds. The van der Waals surface area contributed by atoms with E-state index in [1.807, 2.05) is 30.3 Å². The quantitative estimate of drug-likeness (QED) is 0.676. The monoisotopic (exact) mass is 252 g/mol. The third kappa shape index (κ3) is 2.06. The van der Waals surface area contributed by atoms with Crippen LogP contribution in [0, 0.1) is 0 Å². The van der Waals surface area contributed by atoms with Crippen molar-refractivity contribution in [3.8, 4) is 23.0 Å². The molecule has 0 aliphatic heterocycles. The molecule has 3 aromatic carbocycles. The van der Waals surface area contributed by atoms with Crippen LogP contribution in [0.1, 0.15) is 0 Å². The number of hydrogen-bond acceptors (Lipinski definition) is 3. The molecule has 0 aliphatic carbocycles. The van der Waals surface area contributed by atoms with E-state index in [0.717, 1.165) is 0 Å². The first-order valence-electron chi connectivity index (χ1n) is 5.92. The lowest BCUT2D eigenvalue weighted by Crippen LogP contribution is -1.86. The summed E-state index contributed by atoms with van der Waals surface area (Å²) in [5.41, 5.74) is 0. The lowest BCUT2D eigenvalue weighted by Gasteiger charge is -2.10. The van der Waals surface area contributed by atoms with E-state index in [1.54, 1.807) is 18.2 Å². The third-order valence-corrected chi connectivity index (χ3v) is 2.93. The molecule has 0 radical (unpaired) electrons. The van der Waals surface area contributed by atoms with Crippen molar-refractivity contribution in [3.05, 3.63) is 60.7 Å². The fourth-order valence-electron chi connectivity index (χ4n) is 2.04. The maximum absolute atomic E-state index is 9.96. The number of aromatic hydroxyl groups is 2. The summed E-state index contributed by atoms with van der Waals surface area (Å²) in [4.78, 5) is 0. The molecule has 3 aromatic rings. The Morgan fingerprint density at radius 3 is 2.21 bits per heavy atom. The number of ether oxygens (including phenoxy) is 1. The van der Waals surface area contributed by atoms with Crippen LogP contribution in [0.2, 0.25) is 0 Å². The van der Waals surface area contributed by atoms with Gasteiger partial charge in [0, 0.05) is 5.39 Å². The molecular weight excluding hydrogens is 240 g/mol. The molecule has 0 saturated carbocycles. The van der Waals surface area contributed by atoms with Crippen LogP contribution in [-0.4, -0.2) is 10.2 Å². The Bertz CT molecular complexity index is 721. The maximum Gasteiger partial charge on any atom is 0.139 e. The summed E-state index contributed by atoms with van der Waals surface area (Å²) in [5.74, 6) is 1.39. The van der Waals surface area contributed by atoms with Gasteiger partial charge in [-0.3, -0.25) is 0 Å². The number of benzene rings is 3. The molecule has 0 heterocycles. The first kappa shape index (κ1) is 11.4. The SMILES string of the molecule is Oc1ccc(O)c2c(Oc3ccccc3)cccc12. The van der Waals surface area contributed by atoms with Crippen LogP contribution < -0.4 is 4.74 Å². The predicted octanol–water partition coefficient (Wildman–Crippen LogP) is 4.04. The second-order valence-corrected chi connectivity index (χ2v) is 4.20. The van der Waals surface area contributed by atoms with Gasteiger partial charge in [-0.1, -0.05) is 30.3 Å².